The number of nitrogens with zero attached hydrogens (tertiary/aromatic N) is 1. The second-order valence-electron chi connectivity index (χ2n) is 4.01. The van der Waals surface area contributed by atoms with Crippen LogP contribution in [0.2, 0.25) is 0 Å². The number of anilines is 1. The summed E-state index contributed by atoms with van der Waals surface area (Å²) in [5, 5.41) is 8.73. The largest absolute Gasteiger partial charge is 0.298 e. The molecular weight excluding hydrogens is 295 g/mol. The summed E-state index contributed by atoms with van der Waals surface area (Å²) in [6, 6.07) is 7.86. The lowest BCUT2D eigenvalue weighted by atomic mass is 10.2. The van der Waals surface area contributed by atoms with Gasteiger partial charge in [-0.3, -0.25) is 10.1 Å². The van der Waals surface area contributed by atoms with E-state index in [0.29, 0.717) is 10.7 Å². The van der Waals surface area contributed by atoms with Crippen molar-refractivity contribution in [3.63, 3.8) is 0 Å². The zero-order chi connectivity index (χ0) is 13.9. The Morgan fingerprint density at radius 2 is 1.95 bits per heavy atom. The summed E-state index contributed by atoms with van der Waals surface area (Å²) in [6.45, 7) is 0. The predicted molar refractivity (Wildman–Crippen MR) is 79.8 cm³/mol. The van der Waals surface area contributed by atoms with E-state index in [-0.39, 0.29) is 11.7 Å². The van der Waals surface area contributed by atoms with Crippen molar-refractivity contribution in [2.75, 3.05) is 5.32 Å². The number of benzene rings is 1. The van der Waals surface area contributed by atoms with Crippen LogP contribution in [0.15, 0.2) is 46.5 Å². The van der Waals surface area contributed by atoms with E-state index >= 15 is 0 Å². The fourth-order valence-electron chi connectivity index (χ4n) is 1.65. The van der Waals surface area contributed by atoms with Crippen LogP contribution in [-0.4, -0.2) is 10.9 Å². The van der Waals surface area contributed by atoms with Crippen LogP contribution in [0.3, 0.4) is 0 Å². The first-order valence-corrected chi connectivity index (χ1v) is 7.59. The molecule has 0 spiro atoms. The molecule has 1 N–H and O–H groups in total. The number of rotatable bonds is 3. The molecule has 6 heteroatoms. The van der Waals surface area contributed by atoms with Gasteiger partial charge in [-0.25, -0.2) is 9.37 Å². The van der Waals surface area contributed by atoms with Gasteiger partial charge in [-0.1, -0.05) is 0 Å². The third-order valence-corrected chi connectivity index (χ3v) is 4.09. The van der Waals surface area contributed by atoms with Crippen molar-refractivity contribution in [2.24, 2.45) is 0 Å². The van der Waals surface area contributed by atoms with Gasteiger partial charge in [-0.05, 0) is 35.7 Å². The highest BCUT2D eigenvalue weighted by Crippen LogP contribution is 2.25. The third-order valence-electron chi connectivity index (χ3n) is 2.65. The van der Waals surface area contributed by atoms with E-state index < -0.39 is 0 Å². The van der Waals surface area contributed by atoms with Crippen molar-refractivity contribution in [3.05, 3.63) is 57.9 Å². The lowest BCUT2D eigenvalue weighted by Gasteiger charge is -1.98. The number of amides is 1. The molecule has 100 valence electrons. The molecule has 0 radical (unpaired) electrons. The third kappa shape index (κ3) is 2.76. The van der Waals surface area contributed by atoms with Gasteiger partial charge in [0.05, 0.1) is 11.3 Å². The zero-order valence-corrected chi connectivity index (χ0v) is 11.8. The van der Waals surface area contributed by atoms with Crippen LogP contribution in [0.4, 0.5) is 9.52 Å². The van der Waals surface area contributed by atoms with Crippen molar-refractivity contribution in [2.45, 2.75) is 0 Å². The first-order valence-electron chi connectivity index (χ1n) is 5.77. The van der Waals surface area contributed by atoms with Gasteiger partial charge in [0.25, 0.3) is 5.91 Å². The van der Waals surface area contributed by atoms with Gasteiger partial charge in [0.15, 0.2) is 5.13 Å². The molecule has 20 heavy (non-hydrogen) atoms. The summed E-state index contributed by atoms with van der Waals surface area (Å²) in [4.78, 5) is 16.2. The number of hydrogen-bond acceptors (Lipinski definition) is 4. The standard InChI is InChI=1S/C14H9FN2OS2/c15-11-3-1-9(2-4-11)12-8-20-14(16-12)17-13(18)10-5-6-19-7-10/h1-8H,(H,16,17,18). The summed E-state index contributed by atoms with van der Waals surface area (Å²) >= 11 is 2.81. The molecule has 2 heterocycles. The van der Waals surface area contributed by atoms with E-state index in [2.05, 4.69) is 10.3 Å². The number of aromatic nitrogens is 1. The van der Waals surface area contributed by atoms with Gasteiger partial charge in [0, 0.05) is 16.3 Å². The molecule has 3 rings (SSSR count). The number of hydrogen-bond donors (Lipinski definition) is 1. The topological polar surface area (TPSA) is 42.0 Å². The Kier molecular flexibility index (Phi) is 3.58. The molecule has 2 aromatic heterocycles. The molecule has 0 unspecified atom stereocenters. The van der Waals surface area contributed by atoms with Crippen LogP contribution in [0.1, 0.15) is 10.4 Å². The van der Waals surface area contributed by atoms with E-state index in [9.17, 15) is 9.18 Å². The molecule has 0 aliphatic carbocycles. The normalized spacial score (nSPS) is 10.4. The van der Waals surface area contributed by atoms with Gasteiger partial charge in [-0.2, -0.15) is 11.3 Å². The maximum atomic E-state index is 12.9. The van der Waals surface area contributed by atoms with E-state index in [0.717, 1.165) is 11.3 Å². The van der Waals surface area contributed by atoms with Gasteiger partial charge >= 0.3 is 0 Å². The monoisotopic (exact) mass is 304 g/mol. The van der Waals surface area contributed by atoms with Crippen molar-refractivity contribution in [3.8, 4) is 11.3 Å². The van der Waals surface area contributed by atoms with Crippen molar-refractivity contribution >= 4 is 33.7 Å². The van der Waals surface area contributed by atoms with E-state index in [1.807, 2.05) is 10.8 Å². The van der Waals surface area contributed by atoms with Gasteiger partial charge in [0.2, 0.25) is 0 Å². The fourth-order valence-corrected chi connectivity index (χ4v) is 3.00. The van der Waals surface area contributed by atoms with Gasteiger partial charge in [-0.15, -0.1) is 11.3 Å². The molecule has 1 aromatic carbocycles. The molecule has 0 aliphatic heterocycles. The molecule has 0 bridgehead atoms. The zero-order valence-electron chi connectivity index (χ0n) is 10.2. The second kappa shape index (κ2) is 5.52. The minimum Gasteiger partial charge on any atom is -0.298 e. The molecule has 0 aliphatic rings. The molecule has 0 saturated heterocycles. The van der Waals surface area contributed by atoms with Crippen LogP contribution in [0.5, 0.6) is 0 Å². The van der Waals surface area contributed by atoms with E-state index in [4.69, 9.17) is 0 Å². The minimum atomic E-state index is -0.282. The maximum Gasteiger partial charge on any atom is 0.258 e. The summed E-state index contributed by atoms with van der Waals surface area (Å²) in [5.74, 6) is -0.457. The number of halogens is 1. The predicted octanol–water partition coefficient (Wildman–Crippen LogP) is 4.26. The summed E-state index contributed by atoms with van der Waals surface area (Å²) < 4.78 is 12.9. The van der Waals surface area contributed by atoms with Crippen molar-refractivity contribution in [1.29, 1.82) is 0 Å². The second-order valence-corrected chi connectivity index (χ2v) is 5.65. The summed E-state index contributed by atoms with van der Waals surface area (Å²) in [5.41, 5.74) is 2.16. The van der Waals surface area contributed by atoms with Crippen LogP contribution in [-0.2, 0) is 0 Å². The van der Waals surface area contributed by atoms with Gasteiger partial charge < -0.3 is 0 Å². The Morgan fingerprint density at radius 3 is 2.65 bits per heavy atom. The average Bonchev–Trinajstić information content (AvgIpc) is 3.10. The highest BCUT2D eigenvalue weighted by atomic mass is 32.1. The Balaban J connectivity index is 1.77. The molecule has 0 atom stereocenters. The highest BCUT2D eigenvalue weighted by Gasteiger charge is 2.10. The van der Waals surface area contributed by atoms with E-state index in [1.54, 1.807) is 23.6 Å². The van der Waals surface area contributed by atoms with Gasteiger partial charge in [0.1, 0.15) is 5.82 Å². The van der Waals surface area contributed by atoms with Crippen molar-refractivity contribution < 1.29 is 9.18 Å². The Morgan fingerprint density at radius 1 is 1.15 bits per heavy atom. The van der Waals surface area contributed by atoms with Crippen LogP contribution < -0.4 is 5.32 Å². The SMILES string of the molecule is O=C(Nc1nc(-c2ccc(F)cc2)cs1)c1ccsc1. The quantitative estimate of drug-likeness (QED) is 0.785. The first kappa shape index (κ1) is 13.0. The van der Waals surface area contributed by atoms with Crippen molar-refractivity contribution in [1.82, 2.24) is 4.98 Å². The Hall–Kier alpha value is -2.05. The number of thiophene rings is 1. The lowest BCUT2D eigenvalue weighted by Crippen LogP contribution is -2.10. The maximum absolute atomic E-state index is 12.9. The lowest BCUT2D eigenvalue weighted by molar-refractivity contribution is 0.102. The van der Waals surface area contributed by atoms with Crippen LogP contribution in [0.25, 0.3) is 11.3 Å². The molecule has 3 aromatic rings. The van der Waals surface area contributed by atoms with Crippen LogP contribution in [0, 0.1) is 5.82 Å². The smallest absolute Gasteiger partial charge is 0.258 e. The number of carbonyl (C=O) groups excluding carboxylic acids is 1. The molecule has 3 nitrogen and oxygen atoms in total. The summed E-state index contributed by atoms with van der Waals surface area (Å²) in [6.07, 6.45) is 0. The molecular formula is C14H9FN2OS2. The Labute approximate surface area is 122 Å². The Bertz CT molecular complexity index is 720. The number of carbonyl (C=O) groups is 1. The van der Waals surface area contributed by atoms with E-state index in [1.165, 1.54) is 34.8 Å². The highest BCUT2D eigenvalue weighted by molar-refractivity contribution is 7.14. The molecule has 0 saturated carbocycles. The minimum absolute atomic E-state index is 0.175. The molecule has 1 amide bonds. The number of nitrogens with one attached hydrogen (secondary N) is 1. The average molecular weight is 304 g/mol. The summed E-state index contributed by atoms with van der Waals surface area (Å²) in [7, 11) is 0. The van der Waals surface area contributed by atoms with Crippen LogP contribution >= 0.6 is 22.7 Å². The first-order chi connectivity index (χ1) is 9.72. The fraction of sp³-hybridized carbons (Fsp3) is 0. The number of thiazole rings is 1. The molecule has 0 fully saturated rings.